The molecular weight excluding hydrogens is 469 g/mol. The molecule has 2 fully saturated rings. The summed E-state index contributed by atoms with van der Waals surface area (Å²) in [6, 6.07) is 8.63. The van der Waals surface area contributed by atoms with Crippen LogP contribution in [0.3, 0.4) is 0 Å². The summed E-state index contributed by atoms with van der Waals surface area (Å²) in [5.41, 5.74) is 2.65. The van der Waals surface area contributed by atoms with Crippen LogP contribution >= 0.6 is 11.6 Å². The van der Waals surface area contributed by atoms with Gasteiger partial charge in [0.25, 0.3) is 0 Å². The van der Waals surface area contributed by atoms with Gasteiger partial charge < -0.3 is 14.6 Å². The third-order valence-corrected chi connectivity index (χ3v) is 8.91. The van der Waals surface area contributed by atoms with Crippen molar-refractivity contribution in [2.24, 2.45) is 10.8 Å². The van der Waals surface area contributed by atoms with Crippen molar-refractivity contribution < 1.29 is 19.1 Å². The van der Waals surface area contributed by atoms with Crippen LogP contribution in [0.4, 0.5) is 4.39 Å². The zero-order valence-corrected chi connectivity index (χ0v) is 20.2. The monoisotopic (exact) mass is 495 g/mol. The number of carboxylic acids is 1. The first-order valence-electron chi connectivity index (χ1n) is 12.2. The number of carbonyl (C=O) groups is 2. The van der Waals surface area contributed by atoms with E-state index >= 15 is 0 Å². The maximum absolute atomic E-state index is 14.7. The van der Waals surface area contributed by atoms with Crippen LogP contribution in [0.1, 0.15) is 55.3 Å². The number of nitrogens with zero attached hydrogens (tertiary/aromatic N) is 3. The average molecular weight is 496 g/mol. The van der Waals surface area contributed by atoms with Crippen LogP contribution in [0.25, 0.3) is 11.0 Å². The smallest absolute Gasteiger partial charge is 0.309 e. The molecule has 2 aliphatic carbocycles. The molecule has 182 valence electrons. The second kappa shape index (κ2) is 8.05. The van der Waals surface area contributed by atoms with Crippen molar-refractivity contribution in [1.29, 1.82) is 0 Å². The number of halogens is 2. The highest BCUT2D eigenvalue weighted by atomic mass is 35.5. The van der Waals surface area contributed by atoms with Crippen molar-refractivity contribution in [3.63, 3.8) is 0 Å². The van der Waals surface area contributed by atoms with Crippen LogP contribution in [-0.4, -0.2) is 38.0 Å². The quantitative estimate of drug-likeness (QED) is 0.528. The Kier molecular flexibility index (Phi) is 5.18. The molecule has 0 saturated heterocycles. The number of pyridine rings is 1. The molecule has 1 amide bonds. The van der Waals surface area contributed by atoms with E-state index in [1.165, 1.54) is 6.07 Å². The average Bonchev–Trinajstić information content (AvgIpc) is 3.50. The predicted molar refractivity (Wildman–Crippen MR) is 130 cm³/mol. The number of hydrogen-bond acceptors (Lipinski definition) is 3. The van der Waals surface area contributed by atoms with Gasteiger partial charge >= 0.3 is 5.97 Å². The van der Waals surface area contributed by atoms with Crippen LogP contribution in [0.5, 0.6) is 0 Å². The molecule has 2 bridgehead atoms. The standard InChI is InChI=1S/C27H27ClFN3O3/c28-18-4-3-17(21(29)12-18)14-32-22-15-31(11-5-19(22)20-2-1-10-30-24(20)32)23(33)13-26-6-8-27(16-26,9-7-26)25(34)35/h1-4,10,12H,5-9,11,13-16H2,(H,34,35). The molecule has 3 aliphatic rings. The summed E-state index contributed by atoms with van der Waals surface area (Å²) in [7, 11) is 0. The fourth-order valence-electron chi connectivity index (χ4n) is 6.76. The third-order valence-electron chi connectivity index (χ3n) is 8.67. The number of rotatable bonds is 5. The minimum absolute atomic E-state index is 0.0844. The molecule has 1 aromatic carbocycles. The number of benzene rings is 1. The number of amides is 1. The Morgan fingerprint density at radius 1 is 1.17 bits per heavy atom. The fraction of sp³-hybridized carbons (Fsp3) is 0.444. The topological polar surface area (TPSA) is 75.4 Å². The van der Waals surface area contributed by atoms with Gasteiger partial charge in [0.05, 0.1) is 18.5 Å². The molecular formula is C27H27ClFN3O3. The summed E-state index contributed by atoms with van der Waals surface area (Å²) in [5.74, 6) is -0.990. The van der Waals surface area contributed by atoms with E-state index in [2.05, 4.69) is 4.98 Å². The SMILES string of the molecule is O=C(CC12CCC(C(=O)O)(CC1)C2)N1CCc2c(n(Cc3ccc(Cl)cc3F)c3ncccc23)C1. The Balaban J connectivity index is 1.29. The molecule has 2 aromatic heterocycles. The van der Waals surface area contributed by atoms with E-state index in [1.54, 1.807) is 18.3 Å². The van der Waals surface area contributed by atoms with Gasteiger partial charge in [-0.05, 0) is 73.8 Å². The van der Waals surface area contributed by atoms with Gasteiger partial charge in [0.15, 0.2) is 0 Å². The summed E-state index contributed by atoms with van der Waals surface area (Å²) >= 11 is 5.95. The van der Waals surface area contributed by atoms with Gasteiger partial charge in [0.2, 0.25) is 5.91 Å². The van der Waals surface area contributed by atoms with Crippen LogP contribution in [0.15, 0.2) is 36.5 Å². The molecule has 1 aliphatic heterocycles. The first-order valence-corrected chi connectivity index (χ1v) is 12.6. The highest BCUT2D eigenvalue weighted by molar-refractivity contribution is 6.30. The van der Waals surface area contributed by atoms with E-state index in [-0.39, 0.29) is 17.1 Å². The Labute approximate surface area is 207 Å². The Morgan fingerprint density at radius 3 is 2.69 bits per heavy atom. The molecule has 0 unspecified atom stereocenters. The summed E-state index contributed by atoms with van der Waals surface area (Å²) in [4.78, 5) is 31.8. The molecule has 35 heavy (non-hydrogen) atoms. The predicted octanol–water partition coefficient (Wildman–Crippen LogP) is 5.19. The first-order chi connectivity index (χ1) is 16.8. The minimum atomic E-state index is -0.710. The summed E-state index contributed by atoms with van der Waals surface area (Å²) in [5, 5.41) is 11.1. The van der Waals surface area contributed by atoms with Crippen molar-refractivity contribution in [2.75, 3.05) is 6.54 Å². The highest BCUT2D eigenvalue weighted by Gasteiger charge is 2.58. The summed E-state index contributed by atoms with van der Waals surface area (Å²) in [6.07, 6.45) is 6.43. The van der Waals surface area contributed by atoms with Gasteiger partial charge in [-0.2, -0.15) is 0 Å². The van der Waals surface area contributed by atoms with E-state index in [0.717, 1.165) is 35.1 Å². The number of aromatic nitrogens is 2. The first kappa shape index (κ1) is 22.5. The van der Waals surface area contributed by atoms with Gasteiger partial charge in [-0.15, -0.1) is 0 Å². The van der Waals surface area contributed by atoms with Crippen LogP contribution in [0, 0.1) is 16.6 Å². The molecule has 0 radical (unpaired) electrons. The van der Waals surface area contributed by atoms with Crippen molar-refractivity contribution in [3.8, 4) is 0 Å². The number of fused-ring (bicyclic) bond motifs is 5. The molecule has 3 aromatic rings. The van der Waals surface area contributed by atoms with E-state index in [1.807, 2.05) is 21.6 Å². The Morgan fingerprint density at radius 2 is 1.97 bits per heavy atom. The molecule has 3 heterocycles. The molecule has 0 atom stereocenters. The highest BCUT2D eigenvalue weighted by Crippen LogP contribution is 2.63. The van der Waals surface area contributed by atoms with E-state index in [4.69, 9.17) is 11.6 Å². The molecule has 0 spiro atoms. The molecule has 6 nitrogen and oxygen atoms in total. The number of carbonyl (C=O) groups excluding carboxylic acids is 1. The Bertz CT molecular complexity index is 1360. The number of carboxylic acid groups (broad SMARTS) is 1. The lowest BCUT2D eigenvalue weighted by atomic mass is 9.80. The fourth-order valence-corrected chi connectivity index (χ4v) is 6.91. The summed E-state index contributed by atoms with van der Waals surface area (Å²) < 4.78 is 16.7. The van der Waals surface area contributed by atoms with Gasteiger partial charge in [-0.3, -0.25) is 9.59 Å². The Hall–Kier alpha value is -2.93. The minimum Gasteiger partial charge on any atom is -0.481 e. The molecule has 2 saturated carbocycles. The molecule has 1 N–H and O–H groups in total. The zero-order valence-electron chi connectivity index (χ0n) is 19.4. The lowest BCUT2D eigenvalue weighted by Crippen LogP contribution is -2.39. The lowest BCUT2D eigenvalue weighted by Gasteiger charge is -2.33. The normalized spacial score (nSPS) is 25.3. The van der Waals surface area contributed by atoms with Gasteiger partial charge in [0, 0.05) is 40.8 Å². The lowest BCUT2D eigenvalue weighted by molar-refractivity contribution is -0.148. The number of aliphatic carboxylic acids is 1. The van der Waals surface area contributed by atoms with Crippen molar-refractivity contribution in [2.45, 2.75) is 58.0 Å². The van der Waals surface area contributed by atoms with Crippen LogP contribution in [-0.2, 0) is 29.1 Å². The van der Waals surface area contributed by atoms with Gasteiger partial charge in [-0.1, -0.05) is 17.7 Å². The van der Waals surface area contributed by atoms with Crippen LogP contribution < -0.4 is 0 Å². The summed E-state index contributed by atoms with van der Waals surface area (Å²) in [6.45, 7) is 1.37. The third kappa shape index (κ3) is 3.63. The largest absolute Gasteiger partial charge is 0.481 e. The van der Waals surface area contributed by atoms with Gasteiger partial charge in [0.1, 0.15) is 11.5 Å². The maximum Gasteiger partial charge on any atom is 0.309 e. The van der Waals surface area contributed by atoms with Crippen molar-refractivity contribution >= 4 is 34.5 Å². The van der Waals surface area contributed by atoms with Crippen molar-refractivity contribution in [3.05, 3.63) is 64.2 Å². The second-order valence-corrected chi connectivity index (χ2v) is 11.1. The second-order valence-electron chi connectivity index (χ2n) is 10.6. The maximum atomic E-state index is 14.7. The molecule has 6 rings (SSSR count). The molecule has 8 heteroatoms. The number of hydrogen-bond donors (Lipinski definition) is 1. The zero-order chi connectivity index (χ0) is 24.4. The van der Waals surface area contributed by atoms with E-state index in [0.29, 0.717) is 62.3 Å². The van der Waals surface area contributed by atoms with Crippen LogP contribution in [0.2, 0.25) is 5.02 Å². The van der Waals surface area contributed by atoms with E-state index in [9.17, 15) is 19.1 Å². The van der Waals surface area contributed by atoms with Crippen molar-refractivity contribution in [1.82, 2.24) is 14.5 Å². The van der Waals surface area contributed by atoms with E-state index < -0.39 is 11.4 Å². The van der Waals surface area contributed by atoms with Gasteiger partial charge in [-0.25, -0.2) is 9.37 Å².